The fourth-order valence-electron chi connectivity index (χ4n) is 3.16. The molecule has 1 unspecified atom stereocenters. The Morgan fingerprint density at radius 3 is 2.80 bits per heavy atom. The van der Waals surface area contributed by atoms with E-state index in [1.165, 1.54) is 19.8 Å². The molecule has 6 nitrogen and oxygen atoms in total. The van der Waals surface area contributed by atoms with Gasteiger partial charge in [-0.3, -0.25) is 4.79 Å². The number of carbonyl (C=O) groups is 1. The summed E-state index contributed by atoms with van der Waals surface area (Å²) in [4.78, 5) is 22.8. The van der Waals surface area contributed by atoms with E-state index in [2.05, 4.69) is 27.4 Å². The minimum Gasteiger partial charge on any atom is -0.340 e. The molecule has 0 bridgehead atoms. The number of aromatic nitrogens is 2. The number of nitrogens with zero attached hydrogens (tertiary/aromatic N) is 3. The van der Waals surface area contributed by atoms with Crippen molar-refractivity contribution < 1.29 is 4.79 Å². The Balaban J connectivity index is 1.79. The maximum absolute atomic E-state index is 11.2. The second kappa shape index (κ2) is 7.51. The van der Waals surface area contributed by atoms with Gasteiger partial charge in [0.15, 0.2) is 0 Å². The van der Waals surface area contributed by atoms with Crippen molar-refractivity contribution in [2.75, 3.05) is 28.6 Å². The molecule has 0 radical (unpaired) electrons. The number of carbonyl (C=O) groups excluding carboxylic acids is 1. The molecule has 0 saturated carbocycles. The van der Waals surface area contributed by atoms with Crippen LogP contribution in [0.25, 0.3) is 0 Å². The fraction of sp³-hybridized carbons (Fsp3) is 0.421. The third kappa shape index (κ3) is 4.68. The maximum atomic E-state index is 11.2. The third-order valence-corrected chi connectivity index (χ3v) is 4.24. The van der Waals surface area contributed by atoms with Crippen molar-refractivity contribution >= 4 is 29.0 Å². The zero-order chi connectivity index (χ0) is 17.8. The number of nitrogens with one attached hydrogen (secondary N) is 2. The van der Waals surface area contributed by atoms with Crippen molar-refractivity contribution in [1.29, 1.82) is 0 Å². The van der Waals surface area contributed by atoms with Crippen LogP contribution in [0.15, 0.2) is 30.3 Å². The van der Waals surface area contributed by atoms with Crippen LogP contribution >= 0.6 is 0 Å². The van der Waals surface area contributed by atoms with Crippen molar-refractivity contribution in [2.24, 2.45) is 5.92 Å². The van der Waals surface area contributed by atoms with Crippen molar-refractivity contribution in [1.82, 2.24) is 9.97 Å². The average molecular weight is 339 g/mol. The van der Waals surface area contributed by atoms with Crippen LogP contribution in [0.1, 0.15) is 32.4 Å². The quantitative estimate of drug-likeness (QED) is 0.888. The summed E-state index contributed by atoms with van der Waals surface area (Å²) in [6.07, 6.45) is 2.45. The van der Waals surface area contributed by atoms with Gasteiger partial charge in [0.2, 0.25) is 11.9 Å². The molecular weight excluding hydrogens is 314 g/mol. The Bertz CT molecular complexity index is 761. The largest absolute Gasteiger partial charge is 0.340 e. The van der Waals surface area contributed by atoms with Gasteiger partial charge in [-0.25, -0.2) is 4.98 Å². The predicted octanol–water partition coefficient (Wildman–Crippen LogP) is 3.72. The van der Waals surface area contributed by atoms with Gasteiger partial charge in [-0.15, -0.1) is 0 Å². The SMILES string of the molecule is CC(=O)Nc1cccc(Nc2cc(C)nc(N3CCCC(C)C3)n2)c1. The molecule has 2 N–H and O–H groups in total. The van der Waals surface area contributed by atoms with Crippen LogP contribution in [0, 0.1) is 12.8 Å². The number of piperidine rings is 1. The summed E-state index contributed by atoms with van der Waals surface area (Å²) in [5.74, 6) is 2.13. The summed E-state index contributed by atoms with van der Waals surface area (Å²) in [5, 5.41) is 6.11. The minimum absolute atomic E-state index is 0.0865. The Hall–Kier alpha value is -2.63. The van der Waals surface area contributed by atoms with Crippen LogP contribution < -0.4 is 15.5 Å². The molecule has 1 amide bonds. The van der Waals surface area contributed by atoms with E-state index in [4.69, 9.17) is 4.98 Å². The molecule has 1 aliphatic rings. The first-order valence-electron chi connectivity index (χ1n) is 8.75. The number of rotatable bonds is 4. The van der Waals surface area contributed by atoms with Crippen LogP contribution in [0.3, 0.4) is 0 Å². The second-order valence-corrected chi connectivity index (χ2v) is 6.77. The van der Waals surface area contributed by atoms with Crippen molar-refractivity contribution in [2.45, 2.75) is 33.6 Å². The molecule has 6 heteroatoms. The van der Waals surface area contributed by atoms with Gasteiger partial charge in [0.05, 0.1) is 0 Å². The van der Waals surface area contributed by atoms with Crippen molar-refractivity contribution in [3.05, 3.63) is 36.0 Å². The minimum atomic E-state index is -0.0865. The number of hydrogen-bond donors (Lipinski definition) is 2. The molecule has 1 aromatic carbocycles. The zero-order valence-corrected chi connectivity index (χ0v) is 15.0. The summed E-state index contributed by atoms with van der Waals surface area (Å²) in [5.41, 5.74) is 2.57. The van der Waals surface area contributed by atoms with Crippen molar-refractivity contribution in [3.63, 3.8) is 0 Å². The van der Waals surface area contributed by atoms with E-state index in [0.29, 0.717) is 5.92 Å². The number of amides is 1. The average Bonchev–Trinajstić information content (AvgIpc) is 2.54. The Morgan fingerprint density at radius 2 is 2.04 bits per heavy atom. The normalized spacial score (nSPS) is 17.2. The van der Waals surface area contributed by atoms with E-state index in [-0.39, 0.29) is 5.91 Å². The molecule has 0 aliphatic carbocycles. The summed E-state index contributed by atoms with van der Waals surface area (Å²) in [6.45, 7) is 7.76. The lowest BCUT2D eigenvalue weighted by Gasteiger charge is -2.31. The van der Waals surface area contributed by atoms with Crippen LogP contribution in [0.4, 0.5) is 23.1 Å². The van der Waals surface area contributed by atoms with Gasteiger partial charge >= 0.3 is 0 Å². The lowest BCUT2D eigenvalue weighted by molar-refractivity contribution is -0.114. The van der Waals surface area contributed by atoms with Crippen molar-refractivity contribution in [3.8, 4) is 0 Å². The lowest BCUT2D eigenvalue weighted by Crippen LogP contribution is -2.35. The highest BCUT2D eigenvalue weighted by Gasteiger charge is 2.19. The number of hydrogen-bond acceptors (Lipinski definition) is 5. The van der Waals surface area contributed by atoms with Crippen LogP contribution in [0.2, 0.25) is 0 Å². The molecule has 1 aliphatic heterocycles. The van der Waals surface area contributed by atoms with Crippen LogP contribution in [-0.4, -0.2) is 29.0 Å². The predicted molar refractivity (Wildman–Crippen MR) is 101 cm³/mol. The number of aryl methyl sites for hydroxylation is 1. The topological polar surface area (TPSA) is 70.2 Å². The zero-order valence-electron chi connectivity index (χ0n) is 15.0. The number of benzene rings is 1. The first kappa shape index (κ1) is 17.2. The standard InChI is InChI=1S/C19H25N5O/c1-13-6-5-9-24(12-13)19-20-14(2)10-18(23-19)22-17-8-4-7-16(11-17)21-15(3)25/h4,7-8,10-11,13H,5-6,9,12H2,1-3H3,(H,21,25)(H,20,22,23). The summed E-state index contributed by atoms with van der Waals surface area (Å²) >= 11 is 0. The van der Waals surface area contributed by atoms with E-state index < -0.39 is 0 Å². The molecule has 0 spiro atoms. The van der Waals surface area contributed by atoms with Gasteiger partial charge < -0.3 is 15.5 Å². The molecule has 1 saturated heterocycles. The molecule has 1 atom stereocenters. The molecule has 2 heterocycles. The Kier molecular flexibility index (Phi) is 5.16. The third-order valence-electron chi connectivity index (χ3n) is 4.24. The maximum Gasteiger partial charge on any atom is 0.227 e. The highest BCUT2D eigenvalue weighted by molar-refractivity contribution is 5.89. The Morgan fingerprint density at radius 1 is 1.24 bits per heavy atom. The smallest absolute Gasteiger partial charge is 0.227 e. The van der Waals surface area contributed by atoms with Crippen LogP contribution in [0.5, 0.6) is 0 Å². The summed E-state index contributed by atoms with van der Waals surface area (Å²) in [7, 11) is 0. The summed E-state index contributed by atoms with van der Waals surface area (Å²) in [6, 6.07) is 9.53. The molecule has 1 aromatic heterocycles. The van der Waals surface area contributed by atoms with E-state index in [1.807, 2.05) is 37.3 Å². The van der Waals surface area contributed by atoms with Gasteiger partial charge in [-0.05, 0) is 43.9 Å². The van der Waals surface area contributed by atoms with E-state index in [1.54, 1.807) is 0 Å². The first-order valence-corrected chi connectivity index (χ1v) is 8.75. The highest BCUT2D eigenvalue weighted by atomic mass is 16.1. The Labute approximate surface area is 148 Å². The molecule has 3 rings (SSSR count). The van der Waals surface area contributed by atoms with Gasteiger partial charge in [-0.2, -0.15) is 4.98 Å². The molecule has 1 fully saturated rings. The summed E-state index contributed by atoms with van der Waals surface area (Å²) < 4.78 is 0. The molecule has 2 aromatic rings. The van der Waals surface area contributed by atoms with Gasteiger partial charge in [-0.1, -0.05) is 13.0 Å². The van der Waals surface area contributed by atoms with Gasteiger partial charge in [0, 0.05) is 43.1 Å². The molecule has 25 heavy (non-hydrogen) atoms. The van der Waals surface area contributed by atoms with Gasteiger partial charge in [0.25, 0.3) is 0 Å². The van der Waals surface area contributed by atoms with Gasteiger partial charge in [0.1, 0.15) is 5.82 Å². The lowest BCUT2D eigenvalue weighted by atomic mass is 10.0. The molecular formula is C19H25N5O. The first-order chi connectivity index (χ1) is 12.0. The monoisotopic (exact) mass is 339 g/mol. The fourth-order valence-corrected chi connectivity index (χ4v) is 3.16. The highest BCUT2D eigenvalue weighted by Crippen LogP contribution is 2.24. The second-order valence-electron chi connectivity index (χ2n) is 6.77. The van der Waals surface area contributed by atoms with E-state index in [9.17, 15) is 4.79 Å². The molecule has 132 valence electrons. The van der Waals surface area contributed by atoms with E-state index in [0.717, 1.165) is 41.9 Å². The number of anilines is 4. The van der Waals surface area contributed by atoms with E-state index >= 15 is 0 Å². The van der Waals surface area contributed by atoms with Crippen LogP contribution in [-0.2, 0) is 4.79 Å².